The Morgan fingerprint density at radius 1 is 1.05 bits per heavy atom. The number of fused-ring (bicyclic) bond motifs is 5. The zero-order chi connectivity index (χ0) is 14.4. The van der Waals surface area contributed by atoms with Gasteiger partial charge in [-0.05, 0) is 29.2 Å². The first-order chi connectivity index (χ1) is 10.1. The van der Waals surface area contributed by atoms with Crippen LogP contribution in [0.5, 0.6) is 0 Å². The Morgan fingerprint density at radius 2 is 1.76 bits per heavy atom. The minimum Gasteiger partial charge on any atom is -0.353 e. The number of quaternary nitrogens is 1. The molecule has 0 saturated carbocycles. The molecular weight excluding hydrogens is 256 g/mol. The molecule has 106 valence electrons. The Kier molecular flexibility index (Phi) is 2.83. The SMILES string of the molecule is [CH][N+]1(C)CCN2c3ccccc3Cc3ccccc3C2C1. The first kappa shape index (κ1) is 12.9. The summed E-state index contributed by atoms with van der Waals surface area (Å²) in [6.45, 7) is 2.97. The Bertz CT molecular complexity index is 675. The Morgan fingerprint density at radius 3 is 2.62 bits per heavy atom. The summed E-state index contributed by atoms with van der Waals surface area (Å²) >= 11 is 0. The molecule has 2 atom stereocenters. The summed E-state index contributed by atoms with van der Waals surface area (Å²) < 4.78 is 0.609. The topological polar surface area (TPSA) is 3.24 Å². The Labute approximate surface area is 127 Å². The maximum absolute atomic E-state index is 6.42. The van der Waals surface area contributed by atoms with Gasteiger partial charge in [0.05, 0.1) is 20.1 Å². The smallest absolute Gasteiger partial charge is 0.206 e. The van der Waals surface area contributed by atoms with Gasteiger partial charge in [-0.3, -0.25) is 0 Å². The maximum atomic E-state index is 6.42. The van der Waals surface area contributed by atoms with Crippen LogP contribution in [-0.2, 0) is 6.42 Å². The van der Waals surface area contributed by atoms with Gasteiger partial charge in [0.2, 0.25) is 7.05 Å². The third-order valence-electron chi connectivity index (χ3n) is 4.91. The number of anilines is 1. The molecule has 2 aliphatic rings. The number of likely N-dealkylation sites (N-methyl/N-ethyl adjacent to an activating group) is 1. The first-order valence-electron chi connectivity index (χ1n) is 7.69. The summed E-state index contributed by atoms with van der Waals surface area (Å²) in [7, 11) is 8.56. The summed E-state index contributed by atoms with van der Waals surface area (Å²) in [5, 5.41) is 0. The van der Waals surface area contributed by atoms with Gasteiger partial charge in [-0.2, -0.15) is 0 Å². The molecule has 0 bridgehead atoms. The molecule has 21 heavy (non-hydrogen) atoms. The minimum atomic E-state index is 0.383. The number of piperazine rings is 1. The van der Waals surface area contributed by atoms with Gasteiger partial charge < -0.3 is 9.38 Å². The van der Waals surface area contributed by atoms with Gasteiger partial charge in [-0.15, -0.1) is 0 Å². The van der Waals surface area contributed by atoms with E-state index in [9.17, 15) is 0 Å². The average molecular weight is 277 g/mol. The fourth-order valence-corrected chi connectivity index (χ4v) is 3.80. The van der Waals surface area contributed by atoms with E-state index in [1.807, 2.05) is 0 Å². The lowest BCUT2D eigenvalue weighted by Gasteiger charge is -2.45. The highest BCUT2D eigenvalue weighted by Crippen LogP contribution is 2.39. The summed E-state index contributed by atoms with van der Waals surface area (Å²) in [6, 6.07) is 18.1. The molecule has 2 heteroatoms. The standard InChI is InChI=1S/C19H21N2/c1-21(2)12-11-20-18-10-6-4-8-16(18)13-15-7-3-5-9-17(15)19(20)14-21/h1,3-10,19H,11-14H2,2H3/q+1. The van der Waals surface area contributed by atoms with E-state index in [1.54, 1.807) is 0 Å². The first-order valence-corrected chi connectivity index (χ1v) is 7.69. The van der Waals surface area contributed by atoms with Crippen LogP contribution in [0.4, 0.5) is 5.69 Å². The Balaban J connectivity index is 1.90. The van der Waals surface area contributed by atoms with Crippen molar-refractivity contribution in [1.29, 1.82) is 0 Å². The molecule has 4 rings (SSSR count). The van der Waals surface area contributed by atoms with Gasteiger partial charge in [0, 0.05) is 5.69 Å². The highest BCUT2D eigenvalue weighted by atomic mass is 15.4. The summed E-state index contributed by atoms with van der Waals surface area (Å²) in [4.78, 5) is 2.56. The molecule has 2 radical (unpaired) electrons. The van der Waals surface area contributed by atoms with Crippen molar-refractivity contribution in [3.63, 3.8) is 0 Å². The predicted molar refractivity (Wildman–Crippen MR) is 86.0 cm³/mol. The normalized spacial score (nSPS) is 22.8. The van der Waals surface area contributed by atoms with Crippen LogP contribution >= 0.6 is 0 Å². The fourth-order valence-electron chi connectivity index (χ4n) is 3.80. The lowest BCUT2D eigenvalue weighted by Crippen LogP contribution is -2.55. The molecule has 0 aliphatic carbocycles. The number of para-hydroxylation sites is 1. The van der Waals surface area contributed by atoms with E-state index in [2.05, 4.69) is 60.5 Å². The molecule has 0 aromatic heterocycles. The van der Waals surface area contributed by atoms with Crippen molar-refractivity contribution in [1.82, 2.24) is 0 Å². The summed E-state index contributed by atoms with van der Waals surface area (Å²) in [6.07, 6.45) is 1.02. The van der Waals surface area contributed by atoms with E-state index in [0.29, 0.717) is 10.5 Å². The van der Waals surface area contributed by atoms with E-state index in [-0.39, 0.29) is 0 Å². The van der Waals surface area contributed by atoms with Crippen molar-refractivity contribution in [3.05, 3.63) is 72.3 Å². The molecule has 1 saturated heterocycles. The minimum absolute atomic E-state index is 0.383. The molecule has 0 N–H and O–H groups in total. The van der Waals surface area contributed by atoms with Crippen LogP contribution in [0, 0.1) is 7.05 Å². The number of hydrogen-bond donors (Lipinski definition) is 0. The van der Waals surface area contributed by atoms with E-state index in [4.69, 9.17) is 7.05 Å². The molecular formula is C19H21N2+. The van der Waals surface area contributed by atoms with Gasteiger partial charge in [-0.1, -0.05) is 42.5 Å². The number of hydrogen-bond acceptors (Lipinski definition) is 1. The maximum Gasteiger partial charge on any atom is 0.206 e. The molecule has 2 aromatic rings. The third-order valence-corrected chi connectivity index (χ3v) is 4.91. The van der Waals surface area contributed by atoms with Crippen molar-refractivity contribution in [2.24, 2.45) is 0 Å². The fraction of sp³-hybridized carbons (Fsp3) is 0.316. The third kappa shape index (κ3) is 2.14. The molecule has 1 fully saturated rings. The van der Waals surface area contributed by atoms with Gasteiger partial charge in [0.1, 0.15) is 12.6 Å². The second-order valence-corrected chi connectivity index (χ2v) is 6.60. The van der Waals surface area contributed by atoms with Crippen LogP contribution in [0.2, 0.25) is 0 Å². The largest absolute Gasteiger partial charge is 0.353 e. The van der Waals surface area contributed by atoms with E-state index < -0.39 is 0 Å². The lowest BCUT2D eigenvalue weighted by molar-refractivity contribution is -0.870. The number of rotatable bonds is 0. The predicted octanol–water partition coefficient (Wildman–Crippen LogP) is 3.27. The molecule has 0 amide bonds. The van der Waals surface area contributed by atoms with Gasteiger partial charge >= 0.3 is 0 Å². The van der Waals surface area contributed by atoms with Crippen molar-refractivity contribution in [2.75, 3.05) is 31.6 Å². The van der Waals surface area contributed by atoms with Crippen molar-refractivity contribution >= 4 is 5.69 Å². The highest BCUT2D eigenvalue weighted by Gasteiger charge is 2.38. The molecule has 2 heterocycles. The van der Waals surface area contributed by atoms with Crippen molar-refractivity contribution < 1.29 is 4.48 Å². The summed E-state index contributed by atoms with van der Waals surface area (Å²) in [5.41, 5.74) is 5.71. The molecule has 2 aromatic carbocycles. The Hall–Kier alpha value is -1.80. The van der Waals surface area contributed by atoms with Crippen LogP contribution in [0.25, 0.3) is 0 Å². The number of benzene rings is 2. The van der Waals surface area contributed by atoms with Crippen LogP contribution in [0.1, 0.15) is 22.7 Å². The van der Waals surface area contributed by atoms with E-state index >= 15 is 0 Å². The molecule has 2 aliphatic heterocycles. The summed E-state index contributed by atoms with van der Waals surface area (Å²) in [5.74, 6) is 0. The lowest BCUT2D eigenvalue weighted by atomic mass is 9.95. The van der Waals surface area contributed by atoms with Gasteiger partial charge in [0.15, 0.2) is 0 Å². The number of nitrogens with zero attached hydrogens (tertiary/aromatic N) is 2. The highest BCUT2D eigenvalue weighted by molar-refractivity contribution is 5.60. The van der Waals surface area contributed by atoms with Crippen molar-refractivity contribution in [3.8, 4) is 0 Å². The van der Waals surface area contributed by atoms with Gasteiger partial charge in [-0.25, -0.2) is 0 Å². The molecule has 2 nitrogen and oxygen atoms in total. The zero-order valence-electron chi connectivity index (χ0n) is 12.5. The van der Waals surface area contributed by atoms with Crippen LogP contribution in [0.15, 0.2) is 48.5 Å². The molecule has 2 unspecified atom stereocenters. The monoisotopic (exact) mass is 277 g/mol. The second kappa shape index (κ2) is 4.60. The van der Waals surface area contributed by atoms with Gasteiger partial charge in [0.25, 0.3) is 0 Å². The molecule has 0 spiro atoms. The van der Waals surface area contributed by atoms with Crippen LogP contribution in [0.3, 0.4) is 0 Å². The van der Waals surface area contributed by atoms with E-state index in [0.717, 1.165) is 26.1 Å². The van der Waals surface area contributed by atoms with Crippen molar-refractivity contribution in [2.45, 2.75) is 12.5 Å². The van der Waals surface area contributed by atoms with Crippen LogP contribution in [-0.4, -0.2) is 31.2 Å². The van der Waals surface area contributed by atoms with Crippen LogP contribution < -0.4 is 4.90 Å². The average Bonchev–Trinajstić information content (AvgIpc) is 2.60. The second-order valence-electron chi connectivity index (χ2n) is 6.60. The quantitative estimate of drug-likeness (QED) is 0.668. The zero-order valence-corrected chi connectivity index (χ0v) is 12.5. The van der Waals surface area contributed by atoms with E-state index in [1.165, 1.54) is 22.4 Å².